The highest BCUT2D eigenvalue weighted by Gasteiger charge is 2.24. The minimum absolute atomic E-state index is 0.124. The predicted octanol–water partition coefficient (Wildman–Crippen LogP) is 4.92. The molecule has 1 aliphatic rings. The normalized spacial score (nSPS) is 14.6. The van der Waals surface area contributed by atoms with Crippen molar-refractivity contribution in [2.45, 2.75) is 20.1 Å². The van der Waals surface area contributed by atoms with Gasteiger partial charge in [-0.2, -0.15) is 0 Å². The molecule has 0 radical (unpaired) electrons. The molecule has 2 heterocycles. The summed E-state index contributed by atoms with van der Waals surface area (Å²) in [5.74, 6) is 1.13. The largest absolute Gasteiger partial charge is 0.484 e. The summed E-state index contributed by atoms with van der Waals surface area (Å²) in [4.78, 5) is 16.9. The number of piperazine rings is 1. The van der Waals surface area contributed by atoms with Gasteiger partial charge in [0, 0.05) is 32.7 Å². The van der Waals surface area contributed by atoms with Gasteiger partial charge in [-0.3, -0.25) is 9.69 Å². The Kier molecular flexibility index (Phi) is 6.59. The number of nitrogens with zero attached hydrogens (tertiary/aromatic N) is 2. The highest BCUT2D eigenvalue weighted by atomic mass is 35.5. The molecule has 2 aromatic carbocycles. The topological polar surface area (TPSA) is 45.9 Å². The minimum Gasteiger partial charge on any atom is -0.484 e. The number of hydrogen-bond donors (Lipinski definition) is 0. The molecule has 0 N–H and O–H groups in total. The van der Waals surface area contributed by atoms with Crippen LogP contribution in [-0.4, -0.2) is 41.9 Å². The van der Waals surface area contributed by atoms with Crippen molar-refractivity contribution in [3.8, 4) is 5.75 Å². The molecule has 3 aromatic rings. The summed E-state index contributed by atoms with van der Waals surface area (Å²) in [7, 11) is 0. The molecule has 1 fully saturated rings. The molecule has 5 nitrogen and oxygen atoms in total. The second-order valence-corrected chi connectivity index (χ2v) is 8.04. The molecule has 4 rings (SSSR count). The number of para-hydroxylation sites is 1. The molecule has 1 aliphatic heterocycles. The number of carbonyl (C=O) groups is 1. The Labute approximate surface area is 186 Å². The van der Waals surface area contributed by atoms with Gasteiger partial charge >= 0.3 is 0 Å². The van der Waals surface area contributed by atoms with Crippen molar-refractivity contribution in [3.63, 3.8) is 0 Å². The third-order valence-electron chi connectivity index (χ3n) is 5.37. The number of halogens is 2. The van der Waals surface area contributed by atoms with E-state index in [4.69, 9.17) is 20.8 Å². The first-order valence-electron chi connectivity index (χ1n) is 10.2. The number of benzene rings is 2. The molecular formula is C24H24ClFN2O3. The highest BCUT2D eigenvalue weighted by Crippen LogP contribution is 2.29. The Bertz CT molecular complexity index is 1020. The molecule has 1 saturated heterocycles. The molecule has 0 spiro atoms. The van der Waals surface area contributed by atoms with Crippen molar-refractivity contribution < 1.29 is 18.3 Å². The maximum atomic E-state index is 13.1. The van der Waals surface area contributed by atoms with E-state index in [2.05, 4.69) is 4.90 Å². The lowest BCUT2D eigenvalue weighted by atomic mass is 10.2. The van der Waals surface area contributed by atoms with Gasteiger partial charge < -0.3 is 14.1 Å². The summed E-state index contributed by atoms with van der Waals surface area (Å²) in [5.41, 5.74) is 2.00. The van der Waals surface area contributed by atoms with E-state index in [1.54, 1.807) is 35.2 Å². The first-order valence-corrected chi connectivity index (χ1v) is 10.6. The number of hydrogen-bond acceptors (Lipinski definition) is 4. The van der Waals surface area contributed by atoms with Gasteiger partial charge in [0.1, 0.15) is 23.9 Å². The van der Waals surface area contributed by atoms with E-state index in [0.717, 1.165) is 30.8 Å². The third-order valence-corrected chi connectivity index (χ3v) is 5.67. The standard InChI is InChI=1S/C24H24ClFN2O3/c1-17-3-2-4-21(25)23(17)30-16-20-9-10-22(31-20)24(29)28-13-11-27(12-14-28)15-18-5-7-19(26)8-6-18/h2-10H,11-16H2,1H3. The zero-order chi connectivity index (χ0) is 21.8. The molecule has 162 valence electrons. The van der Waals surface area contributed by atoms with Crippen molar-refractivity contribution in [1.82, 2.24) is 9.80 Å². The van der Waals surface area contributed by atoms with Crippen LogP contribution < -0.4 is 4.74 Å². The van der Waals surface area contributed by atoms with Gasteiger partial charge in [0.2, 0.25) is 0 Å². The number of furan rings is 1. The maximum Gasteiger partial charge on any atom is 0.289 e. The van der Waals surface area contributed by atoms with Crippen molar-refractivity contribution in [2.24, 2.45) is 0 Å². The lowest BCUT2D eigenvalue weighted by Crippen LogP contribution is -2.48. The summed E-state index contributed by atoms with van der Waals surface area (Å²) in [6.07, 6.45) is 0. The zero-order valence-electron chi connectivity index (χ0n) is 17.3. The van der Waals surface area contributed by atoms with Crippen molar-refractivity contribution >= 4 is 17.5 Å². The van der Waals surface area contributed by atoms with E-state index in [-0.39, 0.29) is 18.3 Å². The molecule has 1 amide bonds. The number of carbonyl (C=O) groups excluding carboxylic acids is 1. The Hall–Kier alpha value is -2.83. The van der Waals surface area contributed by atoms with Crippen molar-refractivity contribution in [2.75, 3.05) is 26.2 Å². The number of ether oxygens (including phenoxy) is 1. The number of rotatable bonds is 6. The summed E-state index contributed by atoms with van der Waals surface area (Å²) >= 11 is 6.19. The molecule has 7 heteroatoms. The molecule has 0 saturated carbocycles. The Balaban J connectivity index is 1.29. The van der Waals surface area contributed by atoms with Crippen LogP contribution in [0.1, 0.15) is 27.4 Å². The lowest BCUT2D eigenvalue weighted by molar-refractivity contribution is 0.0594. The summed E-state index contributed by atoms with van der Waals surface area (Å²) in [6.45, 7) is 5.61. The van der Waals surface area contributed by atoms with Crippen LogP contribution in [0.3, 0.4) is 0 Å². The summed E-state index contributed by atoms with van der Waals surface area (Å²) < 4.78 is 24.6. The van der Waals surface area contributed by atoms with E-state index >= 15 is 0 Å². The quantitative estimate of drug-likeness (QED) is 0.543. The average Bonchev–Trinajstić information content (AvgIpc) is 3.24. The molecule has 0 aliphatic carbocycles. The van der Waals surface area contributed by atoms with E-state index in [1.165, 1.54) is 12.1 Å². The van der Waals surface area contributed by atoms with Crippen LogP contribution in [0.25, 0.3) is 0 Å². The number of amides is 1. The monoisotopic (exact) mass is 442 g/mol. The summed E-state index contributed by atoms with van der Waals surface area (Å²) in [6, 6.07) is 15.5. The number of aryl methyl sites for hydroxylation is 1. The fourth-order valence-corrected chi connectivity index (χ4v) is 3.90. The lowest BCUT2D eigenvalue weighted by Gasteiger charge is -2.34. The smallest absolute Gasteiger partial charge is 0.289 e. The Morgan fingerprint density at radius 3 is 2.52 bits per heavy atom. The van der Waals surface area contributed by atoms with E-state index in [9.17, 15) is 9.18 Å². The Morgan fingerprint density at radius 1 is 1.06 bits per heavy atom. The predicted molar refractivity (Wildman–Crippen MR) is 117 cm³/mol. The van der Waals surface area contributed by atoms with E-state index in [1.807, 2.05) is 19.1 Å². The van der Waals surface area contributed by atoms with Crippen molar-refractivity contribution in [1.29, 1.82) is 0 Å². The van der Waals surface area contributed by atoms with E-state index in [0.29, 0.717) is 35.4 Å². The van der Waals surface area contributed by atoms with Crippen molar-refractivity contribution in [3.05, 3.63) is 88.1 Å². The summed E-state index contributed by atoms with van der Waals surface area (Å²) in [5, 5.41) is 0.543. The molecule has 31 heavy (non-hydrogen) atoms. The molecule has 1 aromatic heterocycles. The highest BCUT2D eigenvalue weighted by molar-refractivity contribution is 6.32. The molecule has 0 unspecified atom stereocenters. The van der Waals surface area contributed by atoms with Crippen LogP contribution in [0.5, 0.6) is 5.75 Å². The third kappa shape index (κ3) is 5.27. The van der Waals surface area contributed by atoms with Crippen LogP contribution in [0.4, 0.5) is 4.39 Å². The fourth-order valence-electron chi connectivity index (χ4n) is 3.63. The molecule has 0 bridgehead atoms. The Morgan fingerprint density at radius 2 is 1.81 bits per heavy atom. The van der Waals surface area contributed by atoms with Gasteiger partial charge in [-0.05, 0) is 48.4 Å². The first kappa shape index (κ1) is 21.4. The van der Waals surface area contributed by atoms with Crippen LogP contribution >= 0.6 is 11.6 Å². The maximum absolute atomic E-state index is 13.1. The fraction of sp³-hybridized carbons (Fsp3) is 0.292. The SMILES string of the molecule is Cc1cccc(Cl)c1OCc1ccc(C(=O)N2CCN(Cc3ccc(F)cc3)CC2)o1. The molecular weight excluding hydrogens is 419 g/mol. The van der Waals surface area contributed by atoms with Crippen LogP contribution in [0.2, 0.25) is 5.02 Å². The second-order valence-electron chi connectivity index (χ2n) is 7.64. The van der Waals surface area contributed by atoms with Gasteiger partial charge in [-0.25, -0.2) is 4.39 Å². The minimum atomic E-state index is -0.232. The average molecular weight is 443 g/mol. The van der Waals surface area contributed by atoms with Crippen LogP contribution in [0.15, 0.2) is 59.0 Å². The van der Waals surface area contributed by atoms with Gasteiger partial charge in [-0.1, -0.05) is 35.9 Å². The van der Waals surface area contributed by atoms with Gasteiger partial charge in [0.15, 0.2) is 5.76 Å². The van der Waals surface area contributed by atoms with Gasteiger partial charge in [0.25, 0.3) is 5.91 Å². The van der Waals surface area contributed by atoms with Gasteiger partial charge in [0.05, 0.1) is 5.02 Å². The first-order chi connectivity index (χ1) is 15.0. The van der Waals surface area contributed by atoms with Crippen LogP contribution in [0, 0.1) is 12.7 Å². The van der Waals surface area contributed by atoms with E-state index < -0.39 is 0 Å². The van der Waals surface area contributed by atoms with Gasteiger partial charge in [-0.15, -0.1) is 0 Å². The second kappa shape index (κ2) is 9.54. The van der Waals surface area contributed by atoms with Crippen LogP contribution in [-0.2, 0) is 13.2 Å². The zero-order valence-corrected chi connectivity index (χ0v) is 18.1. The molecule has 0 atom stereocenters.